The highest BCUT2D eigenvalue weighted by molar-refractivity contribution is 5.94. The van der Waals surface area contributed by atoms with Crippen LogP contribution in [-0.4, -0.2) is 44.6 Å². The maximum absolute atomic E-state index is 13.3. The minimum absolute atomic E-state index is 0.0640. The number of aromatic nitrogens is 5. The van der Waals surface area contributed by atoms with Gasteiger partial charge >= 0.3 is 0 Å². The van der Waals surface area contributed by atoms with Crippen LogP contribution in [0.25, 0.3) is 22.6 Å². The highest BCUT2D eigenvalue weighted by atomic mass is 16.1. The number of pyridine rings is 1. The number of nitrogens with zero attached hydrogens (tertiary/aromatic N) is 5. The summed E-state index contributed by atoms with van der Waals surface area (Å²) < 4.78 is 0. The number of hydrogen-bond donors (Lipinski definition) is 2. The lowest BCUT2D eigenvalue weighted by atomic mass is 9.88. The van der Waals surface area contributed by atoms with Crippen LogP contribution in [0.4, 0.5) is 11.5 Å². The summed E-state index contributed by atoms with van der Waals surface area (Å²) in [4.78, 5) is 20.7. The summed E-state index contributed by atoms with van der Waals surface area (Å²) in [6.07, 6.45) is 18.0. The van der Waals surface area contributed by atoms with Crippen LogP contribution in [0.15, 0.2) is 66.3 Å². The number of amides is 1. The molecular formula is C31H37N7O. The SMILES string of the molecule is CCCN(CC1=CCC=CC=C1)c1cc(NC(=O)C2CCCCC2)cc(-c2cc(C)ccc2-c2nnn[nH]2)n1. The number of carbonyl (C=O) groups is 1. The van der Waals surface area contributed by atoms with Crippen molar-refractivity contribution in [2.75, 3.05) is 23.3 Å². The van der Waals surface area contributed by atoms with Crippen molar-refractivity contribution in [1.29, 1.82) is 0 Å². The predicted octanol–water partition coefficient (Wildman–Crippen LogP) is 6.41. The van der Waals surface area contributed by atoms with Crippen molar-refractivity contribution >= 4 is 17.4 Å². The highest BCUT2D eigenvalue weighted by Gasteiger charge is 2.23. The lowest BCUT2D eigenvalue weighted by Gasteiger charge is -2.26. The number of benzene rings is 1. The minimum atomic E-state index is 0.0640. The number of carbonyl (C=O) groups excluding carboxylic acids is 1. The lowest BCUT2D eigenvalue weighted by Crippen LogP contribution is -2.28. The third-order valence-corrected chi connectivity index (χ3v) is 7.37. The van der Waals surface area contributed by atoms with Crippen LogP contribution in [-0.2, 0) is 4.79 Å². The van der Waals surface area contributed by atoms with Crippen LogP contribution >= 0.6 is 0 Å². The summed E-state index contributed by atoms with van der Waals surface area (Å²) in [5, 5.41) is 17.9. The van der Waals surface area contributed by atoms with E-state index in [1.807, 2.05) is 24.3 Å². The second-order valence-corrected chi connectivity index (χ2v) is 10.4. The molecule has 2 N–H and O–H groups in total. The van der Waals surface area contributed by atoms with Crippen LogP contribution in [0.3, 0.4) is 0 Å². The first-order valence-corrected chi connectivity index (χ1v) is 14.1. The van der Waals surface area contributed by atoms with Gasteiger partial charge < -0.3 is 10.2 Å². The number of H-pyrrole nitrogens is 1. The first kappa shape index (κ1) is 26.5. The van der Waals surface area contributed by atoms with Gasteiger partial charge in [0.2, 0.25) is 5.91 Å². The molecular weight excluding hydrogens is 486 g/mol. The molecule has 2 heterocycles. The Kier molecular flexibility index (Phi) is 8.61. The van der Waals surface area contributed by atoms with Gasteiger partial charge in [0.05, 0.1) is 5.69 Å². The molecule has 3 aromatic rings. The molecule has 1 saturated carbocycles. The molecule has 0 aliphatic heterocycles. The fraction of sp³-hybridized carbons (Fsp3) is 0.387. The third kappa shape index (κ3) is 6.69. The number of rotatable bonds is 9. The molecule has 0 bridgehead atoms. The quantitative estimate of drug-likeness (QED) is 0.336. The van der Waals surface area contributed by atoms with E-state index in [4.69, 9.17) is 4.98 Å². The minimum Gasteiger partial charge on any atom is -0.352 e. The standard InChI is InChI=1S/C31H37N7O/c1-3-17-38(21-23-11-7-4-5-8-12-23)29-20-25(32-31(39)24-13-9-6-10-14-24)19-28(33-29)27-18-22(2)15-16-26(27)30-34-36-37-35-30/h4-5,7,11-12,15-16,18-20,24H,3,6,8-10,13-14,17,21H2,1-2H3,(H,32,33,39)(H,34,35,36,37). The van der Waals surface area contributed by atoms with Gasteiger partial charge in [-0.3, -0.25) is 4.79 Å². The molecule has 2 aliphatic carbocycles. The number of allylic oxidation sites excluding steroid dienone is 4. The summed E-state index contributed by atoms with van der Waals surface area (Å²) >= 11 is 0. The van der Waals surface area contributed by atoms with E-state index in [1.54, 1.807) is 0 Å². The fourth-order valence-electron chi connectivity index (χ4n) is 5.35. The molecule has 8 heteroatoms. The van der Waals surface area contributed by atoms with Crippen molar-refractivity contribution in [1.82, 2.24) is 25.6 Å². The van der Waals surface area contributed by atoms with Gasteiger partial charge in [-0.05, 0) is 60.7 Å². The normalized spacial score (nSPS) is 15.6. The Balaban J connectivity index is 1.57. The third-order valence-electron chi connectivity index (χ3n) is 7.37. The van der Waals surface area contributed by atoms with E-state index >= 15 is 0 Å². The first-order chi connectivity index (χ1) is 19.1. The molecule has 8 nitrogen and oxygen atoms in total. The molecule has 0 unspecified atom stereocenters. The predicted molar refractivity (Wildman–Crippen MR) is 156 cm³/mol. The van der Waals surface area contributed by atoms with Gasteiger partial charge in [-0.2, -0.15) is 0 Å². The maximum Gasteiger partial charge on any atom is 0.227 e. The number of hydrogen-bond acceptors (Lipinski definition) is 6. The summed E-state index contributed by atoms with van der Waals surface area (Å²) in [7, 11) is 0. The smallest absolute Gasteiger partial charge is 0.227 e. The van der Waals surface area contributed by atoms with Crippen molar-refractivity contribution in [3.63, 3.8) is 0 Å². The molecule has 39 heavy (non-hydrogen) atoms. The van der Waals surface area contributed by atoms with E-state index in [2.05, 4.69) is 81.1 Å². The monoisotopic (exact) mass is 523 g/mol. The van der Waals surface area contributed by atoms with Gasteiger partial charge in [-0.25, -0.2) is 10.1 Å². The molecule has 0 saturated heterocycles. The van der Waals surface area contributed by atoms with E-state index in [1.165, 1.54) is 12.0 Å². The van der Waals surface area contributed by atoms with Crippen LogP contribution in [0, 0.1) is 12.8 Å². The van der Waals surface area contributed by atoms with Crippen LogP contribution in [0.2, 0.25) is 0 Å². The van der Waals surface area contributed by atoms with Crippen molar-refractivity contribution in [3.8, 4) is 22.6 Å². The Bertz CT molecular complexity index is 1370. The largest absolute Gasteiger partial charge is 0.352 e. The lowest BCUT2D eigenvalue weighted by molar-refractivity contribution is -0.120. The van der Waals surface area contributed by atoms with Gasteiger partial charge in [0, 0.05) is 41.9 Å². The van der Waals surface area contributed by atoms with Gasteiger partial charge in [0.15, 0.2) is 5.82 Å². The summed E-state index contributed by atoms with van der Waals surface area (Å²) in [6, 6.07) is 10.2. The average molecular weight is 524 g/mol. The molecule has 0 atom stereocenters. The summed E-state index contributed by atoms with van der Waals surface area (Å²) in [5.74, 6) is 1.58. The molecule has 202 valence electrons. The average Bonchev–Trinajstić information content (AvgIpc) is 3.37. The van der Waals surface area contributed by atoms with Crippen LogP contribution in [0.1, 0.15) is 57.4 Å². The van der Waals surface area contributed by atoms with Crippen molar-refractivity contribution in [2.24, 2.45) is 5.92 Å². The molecule has 5 rings (SSSR count). The maximum atomic E-state index is 13.3. The van der Waals surface area contributed by atoms with Gasteiger partial charge in [-0.15, -0.1) is 5.10 Å². The van der Waals surface area contributed by atoms with E-state index in [0.29, 0.717) is 5.82 Å². The number of aromatic amines is 1. The van der Waals surface area contributed by atoms with E-state index in [0.717, 1.165) is 85.5 Å². The summed E-state index contributed by atoms with van der Waals surface area (Å²) in [6.45, 7) is 5.82. The molecule has 0 radical (unpaired) electrons. The second kappa shape index (κ2) is 12.7. The number of aryl methyl sites for hydroxylation is 1. The zero-order valence-electron chi connectivity index (χ0n) is 22.9. The Morgan fingerprint density at radius 1 is 1.10 bits per heavy atom. The van der Waals surface area contributed by atoms with Gasteiger partial charge in [0.1, 0.15) is 5.82 Å². The second-order valence-electron chi connectivity index (χ2n) is 10.4. The molecule has 1 fully saturated rings. The van der Waals surface area contributed by atoms with E-state index in [9.17, 15) is 4.79 Å². The molecule has 2 aromatic heterocycles. The van der Waals surface area contributed by atoms with Gasteiger partial charge in [0.25, 0.3) is 0 Å². The molecule has 1 amide bonds. The Labute approximate surface area is 230 Å². The topological polar surface area (TPSA) is 99.7 Å². The number of nitrogens with one attached hydrogen (secondary N) is 2. The zero-order valence-corrected chi connectivity index (χ0v) is 22.9. The van der Waals surface area contributed by atoms with E-state index < -0.39 is 0 Å². The van der Waals surface area contributed by atoms with Crippen LogP contribution < -0.4 is 10.2 Å². The zero-order chi connectivity index (χ0) is 27.0. The number of anilines is 2. The molecule has 1 aromatic carbocycles. The van der Waals surface area contributed by atoms with E-state index in [-0.39, 0.29) is 11.8 Å². The first-order valence-electron chi connectivity index (χ1n) is 14.1. The fourth-order valence-corrected chi connectivity index (χ4v) is 5.35. The van der Waals surface area contributed by atoms with Gasteiger partial charge in [-0.1, -0.05) is 74.3 Å². The van der Waals surface area contributed by atoms with Crippen molar-refractivity contribution in [2.45, 2.75) is 58.8 Å². The Morgan fingerprint density at radius 2 is 1.97 bits per heavy atom. The molecule has 2 aliphatic rings. The Hall–Kier alpha value is -4.07. The van der Waals surface area contributed by atoms with Crippen molar-refractivity contribution < 1.29 is 4.79 Å². The summed E-state index contributed by atoms with van der Waals surface area (Å²) in [5.41, 5.74) is 5.67. The highest BCUT2D eigenvalue weighted by Crippen LogP contribution is 2.34. The Morgan fingerprint density at radius 3 is 2.77 bits per heavy atom. The van der Waals surface area contributed by atoms with Crippen molar-refractivity contribution in [3.05, 3.63) is 71.8 Å². The van der Waals surface area contributed by atoms with Crippen LogP contribution in [0.5, 0.6) is 0 Å². The molecule has 0 spiro atoms. The number of tetrazole rings is 1.